The highest BCUT2D eigenvalue weighted by Crippen LogP contribution is 2.26. The summed E-state index contributed by atoms with van der Waals surface area (Å²) in [7, 11) is 0. The summed E-state index contributed by atoms with van der Waals surface area (Å²) in [5.41, 5.74) is -1.41. The van der Waals surface area contributed by atoms with Crippen LogP contribution in [-0.4, -0.2) is 58.0 Å². The number of benzene rings is 1. The number of amides is 2. The van der Waals surface area contributed by atoms with Gasteiger partial charge < -0.3 is 14.9 Å². The molecule has 7 heteroatoms. The molecule has 0 bridgehead atoms. The number of hydrogen-bond donors (Lipinski definition) is 1. The average molecular weight is 336 g/mol. The van der Waals surface area contributed by atoms with Crippen molar-refractivity contribution in [2.45, 2.75) is 32.0 Å². The van der Waals surface area contributed by atoms with E-state index < -0.39 is 18.2 Å². The minimum atomic E-state index is -2.36. The Labute approximate surface area is 139 Å². The van der Waals surface area contributed by atoms with Crippen molar-refractivity contribution in [3.8, 4) is 0 Å². The fourth-order valence-electron chi connectivity index (χ4n) is 2.70. The molecule has 0 aromatic heterocycles. The van der Waals surface area contributed by atoms with Gasteiger partial charge in [0.1, 0.15) is 0 Å². The number of carboxylic acid groups (broad SMARTS) is 1. The number of carboxylic acids is 1. The number of nitrogens with zero attached hydrogens (tertiary/aromatic N) is 2. The van der Waals surface area contributed by atoms with Gasteiger partial charge in [-0.25, -0.2) is 9.18 Å². The molecule has 2 rings (SSSR count). The number of hydrogen-bond acceptors (Lipinski definition) is 3. The molecule has 1 fully saturated rings. The molecule has 0 radical (unpaired) electrons. The van der Waals surface area contributed by atoms with Crippen LogP contribution in [0.4, 0.5) is 4.39 Å². The molecule has 0 aliphatic carbocycles. The lowest BCUT2D eigenvalue weighted by Crippen LogP contribution is -2.40. The van der Waals surface area contributed by atoms with Crippen molar-refractivity contribution in [3.63, 3.8) is 0 Å². The van der Waals surface area contributed by atoms with Gasteiger partial charge in [0.05, 0.1) is 6.54 Å². The molecule has 130 valence electrons. The summed E-state index contributed by atoms with van der Waals surface area (Å²) in [5.74, 6) is -2.03. The molecule has 0 saturated carbocycles. The zero-order valence-corrected chi connectivity index (χ0v) is 13.6. The number of carbonyl (C=O) groups excluding carboxylic acids is 2. The lowest BCUT2D eigenvalue weighted by Gasteiger charge is -2.23. The number of likely N-dealkylation sites (tertiary alicyclic amines) is 1. The first-order valence-corrected chi connectivity index (χ1v) is 7.81. The molecular formula is C17H21FN2O4. The van der Waals surface area contributed by atoms with E-state index in [9.17, 15) is 18.8 Å². The van der Waals surface area contributed by atoms with E-state index in [1.807, 2.05) is 30.3 Å². The predicted octanol–water partition coefficient (Wildman–Crippen LogP) is 1.45. The quantitative estimate of drug-likeness (QED) is 0.853. The number of alkyl halides is 1. The molecule has 1 N–H and O–H groups in total. The topological polar surface area (TPSA) is 77.9 Å². The van der Waals surface area contributed by atoms with Crippen LogP contribution in [0.25, 0.3) is 0 Å². The van der Waals surface area contributed by atoms with Crippen molar-refractivity contribution < 1.29 is 23.9 Å². The van der Waals surface area contributed by atoms with E-state index in [0.29, 0.717) is 6.54 Å². The van der Waals surface area contributed by atoms with Crippen LogP contribution in [0.3, 0.4) is 0 Å². The Bertz CT molecular complexity index is 622. The van der Waals surface area contributed by atoms with Crippen molar-refractivity contribution in [1.29, 1.82) is 0 Å². The Morgan fingerprint density at radius 3 is 2.50 bits per heavy atom. The third-order valence-electron chi connectivity index (χ3n) is 4.21. The lowest BCUT2D eigenvalue weighted by atomic mass is 10.1. The zero-order valence-electron chi connectivity index (χ0n) is 13.6. The second-order valence-corrected chi connectivity index (χ2v) is 6.01. The summed E-state index contributed by atoms with van der Waals surface area (Å²) in [6, 6.07) is 9.40. The fourth-order valence-corrected chi connectivity index (χ4v) is 2.70. The van der Waals surface area contributed by atoms with E-state index in [0.717, 1.165) is 5.56 Å². The molecule has 1 aromatic rings. The second kappa shape index (κ2) is 7.42. The first kappa shape index (κ1) is 17.9. The van der Waals surface area contributed by atoms with Crippen molar-refractivity contribution in [3.05, 3.63) is 35.9 Å². The van der Waals surface area contributed by atoms with Gasteiger partial charge in [0.2, 0.25) is 17.5 Å². The van der Waals surface area contributed by atoms with Crippen molar-refractivity contribution >= 4 is 17.8 Å². The predicted molar refractivity (Wildman–Crippen MR) is 84.8 cm³/mol. The van der Waals surface area contributed by atoms with Gasteiger partial charge in [-0.15, -0.1) is 0 Å². The summed E-state index contributed by atoms with van der Waals surface area (Å²) in [6.07, 6.45) is -0.156. The molecule has 1 saturated heterocycles. The summed E-state index contributed by atoms with van der Waals surface area (Å²) in [4.78, 5) is 37.5. The third kappa shape index (κ3) is 4.31. The van der Waals surface area contributed by atoms with E-state index in [4.69, 9.17) is 5.11 Å². The molecular weight excluding hydrogens is 315 g/mol. The van der Waals surface area contributed by atoms with Gasteiger partial charge in [-0.1, -0.05) is 30.3 Å². The first-order chi connectivity index (χ1) is 11.3. The standard InChI is InChI=1S/C17H21FN2O4/c1-13(21)19(11-14-5-3-2-4-6-14)9-7-15(22)20-10-8-17(18,12-20)16(23)24/h2-6H,7-12H2,1H3,(H,23,24). The van der Waals surface area contributed by atoms with Crippen LogP contribution in [0.5, 0.6) is 0 Å². The second-order valence-electron chi connectivity index (χ2n) is 6.01. The van der Waals surface area contributed by atoms with Gasteiger partial charge in [-0.05, 0) is 5.56 Å². The summed E-state index contributed by atoms with van der Waals surface area (Å²) >= 11 is 0. The lowest BCUT2D eigenvalue weighted by molar-refractivity contribution is -0.150. The maximum atomic E-state index is 14.0. The number of carbonyl (C=O) groups is 3. The summed E-state index contributed by atoms with van der Waals surface area (Å²) in [6.45, 7) is 1.69. The average Bonchev–Trinajstić information content (AvgIpc) is 2.96. The van der Waals surface area contributed by atoms with E-state index in [1.165, 1.54) is 11.8 Å². The fraction of sp³-hybridized carbons (Fsp3) is 0.471. The Hall–Kier alpha value is -2.44. The van der Waals surface area contributed by atoms with E-state index in [-0.39, 0.29) is 37.7 Å². The number of aliphatic carboxylic acids is 1. The number of rotatable bonds is 6. The normalized spacial score (nSPS) is 20.0. The molecule has 0 spiro atoms. The van der Waals surface area contributed by atoms with Crippen LogP contribution < -0.4 is 0 Å². The Balaban J connectivity index is 1.89. The van der Waals surface area contributed by atoms with Crippen LogP contribution in [0.1, 0.15) is 25.3 Å². The molecule has 1 unspecified atom stereocenters. The van der Waals surface area contributed by atoms with Crippen LogP contribution in [-0.2, 0) is 20.9 Å². The van der Waals surface area contributed by atoms with E-state index in [1.54, 1.807) is 4.90 Å². The highest BCUT2D eigenvalue weighted by molar-refractivity contribution is 5.82. The Morgan fingerprint density at radius 1 is 1.29 bits per heavy atom. The van der Waals surface area contributed by atoms with Gasteiger partial charge >= 0.3 is 5.97 Å². The van der Waals surface area contributed by atoms with Gasteiger partial charge in [0, 0.05) is 39.4 Å². The molecule has 1 atom stereocenters. The SMILES string of the molecule is CC(=O)N(CCC(=O)N1CCC(F)(C(=O)O)C1)Cc1ccccc1. The Kier molecular flexibility index (Phi) is 5.54. The van der Waals surface area contributed by atoms with Crippen molar-refractivity contribution in [2.75, 3.05) is 19.6 Å². The molecule has 24 heavy (non-hydrogen) atoms. The minimum Gasteiger partial charge on any atom is -0.479 e. The highest BCUT2D eigenvalue weighted by Gasteiger charge is 2.46. The molecule has 1 aliphatic heterocycles. The molecule has 1 heterocycles. The van der Waals surface area contributed by atoms with Gasteiger partial charge in [-0.2, -0.15) is 0 Å². The van der Waals surface area contributed by atoms with Crippen LogP contribution in [0, 0.1) is 0 Å². The molecule has 1 aromatic carbocycles. The van der Waals surface area contributed by atoms with Crippen molar-refractivity contribution in [2.24, 2.45) is 0 Å². The minimum absolute atomic E-state index is 0.0438. The maximum Gasteiger partial charge on any atom is 0.343 e. The van der Waals surface area contributed by atoms with Crippen molar-refractivity contribution in [1.82, 2.24) is 9.80 Å². The van der Waals surface area contributed by atoms with Gasteiger partial charge in [-0.3, -0.25) is 9.59 Å². The molecule has 6 nitrogen and oxygen atoms in total. The monoisotopic (exact) mass is 336 g/mol. The smallest absolute Gasteiger partial charge is 0.343 e. The third-order valence-corrected chi connectivity index (χ3v) is 4.21. The Morgan fingerprint density at radius 2 is 1.96 bits per heavy atom. The van der Waals surface area contributed by atoms with E-state index in [2.05, 4.69) is 0 Å². The summed E-state index contributed by atoms with van der Waals surface area (Å²) in [5, 5.41) is 8.86. The van der Waals surface area contributed by atoms with Gasteiger partial charge in [0.25, 0.3) is 0 Å². The first-order valence-electron chi connectivity index (χ1n) is 7.81. The largest absolute Gasteiger partial charge is 0.479 e. The molecule has 1 aliphatic rings. The van der Waals surface area contributed by atoms with E-state index >= 15 is 0 Å². The number of halogens is 1. The molecule has 2 amide bonds. The van der Waals surface area contributed by atoms with Crippen LogP contribution >= 0.6 is 0 Å². The highest BCUT2D eigenvalue weighted by atomic mass is 19.1. The summed E-state index contributed by atoms with van der Waals surface area (Å²) < 4.78 is 14.0. The van der Waals surface area contributed by atoms with Gasteiger partial charge in [0.15, 0.2) is 0 Å². The maximum absolute atomic E-state index is 14.0. The zero-order chi connectivity index (χ0) is 17.7. The van der Waals surface area contributed by atoms with Crippen LogP contribution in [0.2, 0.25) is 0 Å². The van der Waals surface area contributed by atoms with Crippen LogP contribution in [0.15, 0.2) is 30.3 Å².